The minimum atomic E-state index is 0.00788. The van der Waals surface area contributed by atoms with Crippen LogP contribution in [0.1, 0.15) is 11.3 Å². The Morgan fingerprint density at radius 2 is 2.21 bits per heavy atom. The van der Waals surface area contributed by atoms with Gasteiger partial charge in [0.05, 0.1) is 18.0 Å². The molecule has 0 spiro atoms. The normalized spacial score (nSPS) is 10.4. The zero-order valence-electron chi connectivity index (χ0n) is 8.01. The summed E-state index contributed by atoms with van der Waals surface area (Å²) in [7, 11) is 0. The van der Waals surface area contributed by atoms with Crippen molar-refractivity contribution in [2.75, 3.05) is 0 Å². The van der Waals surface area contributed by atoms with E-state index in [0.717, 1.165) is 11.4 Å². The van der Waals surface area contributed by atoms with Crippen LogP contribution in [0.3, 0.4) is 0 Å². The van der Waals surface area contributed by atoms with Gasteiger partial charge in [-0.2, -0.15) is 5.10 Å². The van der Waals surface area contributed by atoms with Crippen LogP contribution in [0.5, 0.6) is 0 Å². The molecule has 0 fully saturated rings. The Morgan fingerprint density at radius 1 is 1.36 bits per heavy atom. The van der Waals surface area contributed by atoms with Gasteiger partial charge in [0, 0.05) is 6.20 Å². The molecule has 0 atom stereocenters. The van der Waals surface area contributed by atoms with Crippen LogP contribution in [0.25, 0.3) is 5.69 Å². The Bertz CT molecular complexity index is 434. The summed E-state index contributed by atoms with van der Waals surface area (Å²) < 4.78 is 1.74. The second kappa shape index (κ2) is 3.64. The predicted molar refractivity (Wildman–Crippen MR) is 54.2 cm³/mol. The van der Waals surface area contributed by atoms with Crippen molar-refractivity contribution in [1.82, 2.24) is 9.78 Å². The molecule has 3 heteroatoms. The highest BCUT2D eigenvalue weighted by atomic mass is 16.3. The fourth-order valence-electron chi connectivity index (χ4n) is 1.44. The molecule has 14 heavy (non-hydrogen) atoms. The number of aromatic nitrogens is 2. The van der Waals surface area contributed by atoms with Crippen LogP contribution in [-0.4, -0.2) is 14.9 Å². The lowest BCUT2D eigenvalue weighted by molar-refractivity contribution is 0.273. The zero-order valence-corrected chi connectivity index (χ0v) is 8.01. The average Bonchev–Trinajstić information content (AvgIpc) is 2.65. The second-order valence-corrected chi connectivity index (χ2v) is 3.23. The van der Waals surface area contributed by atoms with Gasteiger partial charge in [-0.15, -0.1) is 0 Å². The third-order valence-corrected chi connectivity index (χ3v) is 2.13. The molecule has 3 nitrogen and oxygen atoms in total. The molecule has 0 bridgehead atoms. The van der Waals surface area contributed by atoms with Gasteiger partial charge in [-0.25, -0.2) is 4.68 Å². The largest absolute Gasteiger partial charge is 0.390 e. The van der Waals surface area contributed by atoms with Gasteiger partial charge in [-0.3, -0.25) is 0 Å². The molecule has 2 rings (SSSR count). The van der Waals surface area contributed by atoms with Crippen LogP contribution in [0.2, 0.25) is 0 Å². The van der Waals surface area contributed by atoms with Gasteiger partial charge in [0.15, 0.2) is 0 Å². The van der Waals surface area contributed by atoms with Crippen molar-refractivity contribution in [3.63, 3.8) is 0 Å². The first kappa shape index (κ1) is 8.97. The van der Waals surface area contributed by atoms with Crippen molar-refractivity contribution in [2.24, 2.45) is 0 Å². The van der Waals surface area contributed by atoms with Gasteiger partial charge in [0.1, 0.15) is 0 Å². The van der Waals surface area contributed by atoms with E-state index in [1.165, 1.54) is 5.56 Å². The Labute approximate surface area is 82.6 Å². The van der Waals surface area contributed by atoms with E-state index in [1.54, 1.807) is 10.9 Å². The van der Waals surface area contributed by atoms with Crippen LogP contribution in [0.15, 0.2) is 36.5 Å². The van der Waals surface area contributed by atoms with E-state index in [-0.39, 0.29) is 6.61 Å². The number of benzene rings is 1. The highest BCUT2D eigenvalue weighted by Gasteiger charge is 2.02. The zero-order chi connectivity index (χ0) is 9.97. The number of hydrogen-bond acceptors (Lipinski definition) is 2. The molecular weight excluding hydrogens is 176 g/mol. The van der Waals surface area contributed by atoms with E-state index in [4.69, 9.17) is 5.11 Å². The Kier molecular flexibility index (Phi) is 2.33. The molecule has 1 aromatic carbocycles. The molecule has 0 saturated carbocycles. The molecule has 72 valence electrons. The Morgan fingerprint density at radius 3 is 2.93 bits per heavy atom. The van der Waals surface area contributed by atoms with Crippen molar-refractivity contribution in [1.29, 1.82) is 0 Å². The molecule has 1 N–H and O–H groups in total. The SMILES string of the molecule is Cc1cccc(-n2nccc2CO)c1. The van der Waals surface area contributed by atoms with Crippen LogP contribution in [0.4, 0.5) is 0 Å². The first-order valence-corrected chi connectivity index (χ1v) is 4.52. The van der Waals surface area contributed by atoms with Gasteiger partial charge in [0.25, 0.3) is 0 Å². The molecule has 0 unspecified atom stereocenters. The van der Waals surface area contributed by atoms with E-state index < -0.39 is 0 Å². The summed E-state index contributed by atoms with van der Waals surface area (Å²) in [6, 6.07) is 9.83. The summed E-state index contributed by atoms with van der Waals surface area (Å²) in [6.45, 7) is 2.04. The van der Waals surface area contributed by atoms with Gasteiger partial charge < -0.3 is 5.11 Å². The summed E-state index contributed by atoms with van der Waals surface area (Å²) >= 11 is 0. The first-order chi connectivity index (χ1) is 6.81. The monoisotopic (exact) mass is 188 g/mol. The van der Waals surface area contributed by atoms with Crippen LogP contribution in [0, 0.1) is 6.92 Å². The molecule has 1 heterocycles. The lowest BCUT2D eigenvalue weighted by atomic mass is 10.2. The lowest BCUT2D eigenvalue weighted by Gasteiger charge is -2.05. The Hall–Kier alpha value is -1.61. The fourth-order valence-corrected chi connectivity index (χ4v) is 1.44. The van der Waals surface area contributed by atoms with Crippen molar-refractivity contribution >= 4 is 0 Å². The molecule has 1 aromatic heterocycles. The molecule has 0 amide bonds. The van der Waals surface area contributed by atoms with E-state index in [2.05, 4.69) is 5.10 Å². The van der Waals surface area contributed by atoms with Gasteiger partial charge in [-0.1, -0.05) is 12.1 Å². The van der Waals surface area contributed by atoms with Crippen LogP contribution >= 0.6 is 0 Å². The van der Waals surface area contributed by atoms with Gasteiger partial charge in [0.2, 0.25) is 0 Å². The summed E-state index contributed by atoms with van der Waals surface area (Å²) in [6.07, 6.45) is 1.69. The maximum atomic E-state index is 9.08. The molecule has 0 aliphatic carbocycles. The quantitative estimate of drug-likeness (QED) is 0.778. The molecule has 0 saturated heterocycles. The van der Waals surface area contributed by atoms with Gasteiger partial charge in [-0.05, 0) is 30.7 Å². The second-order valence-electron chi connectivity index (χ2n) is 3.23. The van der Waals surface area contributed by atoms with E-state index in [1.807, 2.05) is 37.3 Å². The smallest absolute Gasteiger partial charge is 0.0854 e. The molecular formula is C11H12N2O. The topological polar surface area (TPSA) is 38.0 Å². The summed E-state index contributed by atoms with van der Waals surface area (Å²) in [4.78, 5) is 0. The molecule has 0 radical (unpaired) electrons. The molecule has 0 aliphatic heterocycles. The average molecular weight is 188 g/mol. The molecule has 0 aliphatic rings. The predicted octanol–water partition coefficient (Wildman–Crippen LogP) is 1.67. The summed E-state index contributed by atoms with van der Waals surface area (Å²) in [5.74, 6) is 0. The summed E-state index contributed by atoms with van der Waals surface area (Å²) in [5.41, 5.74) is 2.97. The third kappa shape index (κ3) is 1.54. The van der Waals surface area contributed by atoms with Crippen LogP contribution < -0.4 is 0 Å². The van der Waals surface area contributed by atoms with Crippen molar-refractivity contribution in [2.45, 2.75) is 13.5 Å². The van der Waals surface area contributed by atoms with E-state index in [0.29, 0.717) is 0 Å². The van der Waals surface area contributed by atoms with Crippen molar-refractivity contribution in [3.05, 3.63) is 47.8 Å². The number of hydrogen-bond donors (Lipinski definition) is 1. The highest BCUT2D eigenvalue weighted by molar-refractivity contribution is 5.35. The van der Waals surface area contributed by atoms with Crippen LogP contribution in [-0.2, 0) is 6.61 Å². The number of aryl methyl sites for hydroxylation is 1. The standard InChI is InChI=1S/C11H12N2O/c1-9-3-2-4-10(7-9)13-11(8-14)5-6-12-13/h2-7,14H,8H2,1H3. The first-order valence-electron chi connectivity index (χ1n) is 4.52. The molecule has 2 aromatic rings. The van der Waals surface area contributed by atoms with E-state index >= 15 is 0 Å². The number of rotatable bonds is 2. The third-order valence-electron chi connectivity index (χ3n) is 2.13. The maximum absolute atomic E-state index is 9.08. The fraction of sp³-hybridized carbons (Fsp3) is 0.182. The number of nitrogens with zero attached hydrogens (tertiary/aromatic N) is 2. The minimum Gasteiger partial charge on any atom is -0.390 e. The van der Waals surface area contributed by atoms with Gasteiger partial charge >= 0.3 is 0 Å². The number of aliphatic hydroxyl groups is 1. The van der Waals surface area contributed by atoms with Crippen molar-refractivity contribution < 1.29 is 5.11 Å². The summed E-state index contributed by atoms with van der Waals surface area (Å²) in [5, 5.41) is 13.2. The Balaban J connectivity index is 2.49. The minimum absolute atomic E-state index is 0.00788. The highest BCUT2D eigenvalue weighted by Crippen LogP contribution is 2.11. The maximum Gasteiger partial charge on any atom is 0.0854 e. The number of aliphatic hydroxyl groups excluding tert-OH is 1. The lowest BCUT2D eigenvalue weighted by Crippen LogP contribution is -2.01. The van der Waals surface area contributed by atoms with E-state index in [9.17, 15) is 0 Å². The van der Waals surface area contributed by atoms with Crippen molar-refractivity contribution in [3.8, 4) is 5.69 Å².